The Morgan fingerprint density at radius 3 is 2.40 bits per heavy atom. The fourth-order valence-corrected chi connectivity index (χ4v) is 3.45. The number of nitrogens with one attached hydrogen (secondary N) is 1. The summed E-state index contributed by atoms with van der Waals surface area (Å²) in [6.07, 6.45) is 2.02. The van der Waals surface area contributed by atoms with E-state index in [1.165, 1.54) is 0 Å². The minimum atomic E-state index is -0.120. The van der Waals surface area contributed by atoms with E-state index < -0.39 is 0 Å². The van der Waals surface area contributed by atoms with Crippen LogP contribution >= 0.6 is 23.4 Å². The van der Waals surface area contributed by atoms with E-state index in [0.29, 0.717) is 10.6 Å². The monoisotopic (exact) mass is 375 g/mol. The number of hydrogen-bond acceptors (Lipinski definition) is 4. The van der Waals surface area contributed by atoms with Gasteiger partial charge in [-0.2, -0.15) is 0 Å². The highest BCUT2D eigenvalue weighted by molar-refractivity contribution is 7.98. The van der Waals surface area contributed by atoms with Crippen LogP contribution in [0.4, 0.5) is 11.4 Å². The summed E-state index contributed by atoms with van der Waals surface area (Å²) >= 11 is 7.82. The number of piperazine rings is 1. The van der Waals surface area contributed by atoms with Gasteiger partial charge in [-0.05, 0) is 55.8 Å². The molecule has 0 aromatic heterocycles. The van der Waals surface area contributed by atoms with Crippen molar-refractivity contribution in [2.45, 2.75) is 4.90 Å². The smallest absolute Gasteiger partial charge is 0.255 e. The molecule has 0 aliphatic carbocycles. The Hall–Kier alpha value is -1.69. The fourth-order valence-electron chi connectivity index (χ4n) is 2.87. The Morgan fingerprint density at radius 2 is 1.76 bits per heavy atom. The summed E-state index contributed by atoms with van der Waals surface area (Å²) in [5.41, 5.74) is 2.42. The van der Waals surface area contributed by atoms with Gasteiger partial charge in [0.05, 0.1) is 11.4 Å². The standard InChI is InChI=1S/C19H22ClN3OS/c1-22-9-11-23(12-10-22)18-8-5-15(20)13-17(18)21-19(24)14-3-6-16(25-2)7-4-14/h3-8,13H,9-12H2,1-2H3,(H,21,24). The number of nitrogens with zero attached hydrogens (tertiary/aromatic N) is 2. The van der Waals surface area contributed by atoms with Gasteiger partial charge in [-0.1, -0.05) is 11.6 Å². The van der Waals surface area contributed by atoms with Crippen molar-refractivity contribution in [2.24, 2.45) is 0 Å². The highest BCUT2D eigenvalue weighted by Crippen LogP contribution is 2.30. The van der Waals surface area contributed by atoms with E-state index in [0.717, 1.165) is 42.4 Å². The minimum absolute atomic E-state index is 0.120. The molecule has 1 fully saturated rings. The number of thioether (sulfide) groups is 1. The second-order valence-corrected chi connectivity index (χ2v) is 7.45. The van der Waals surface area contributed by atoms with Gasteiger partial charge in [0, 0.05) is 41.7 Å². The Balaban J connectivity index is 1.80. The second kappa shape index (κ2) is 8.13. The number of amides is 1. The Labute approximate surface area is 158 Å². The van der Waals surface area contributed by atoms with Crippen LogP contribution in [0.5, 0.6) is 0 Å². The molecule has 1 amide bonds. The molecule has 1 saturated heterocycles. The molecule has 0 bridgehead atoms. The summed E-state index contributed by atoms with van der Waals surface area (Å²) in [6, 6.07) is 13.3. The molecule has 0 unspecified atom stereocenters. The largest absolute Gasteiger partial charge is 0.367 e. The topological polar surface area (TPSA) is 35.6 Å². The lowest BCUT2D eigenvalue weighted by Crippen LogP contribution is -2.44. The summed E-state index contributed by atoms with van der Waals surface area (Å²) in [6.45, 7) is 3.88. The van der Waals surface area contributed by atoms with Crippen molar-refractivity contribution in [1.82, 2.24) is 4.90 Å². The normalized spacial score (nSPS) is 15.2. The third-order valence-electron chi connectivity index (χ3n) is 4.40. The van der Waals surface area contributed by atoms with Crippen molar-refractivity contribution in [3.63, 3.8) is 0 Å². The van der Waals surface area contributed by atoms with Crippen molar-refractivity contribution in [2.75, 3.05) is 49.7 Å². The summed E-state index contributed by atoms with van der Waals surface area (Å²) in [5, 5.41) is 3.64. The van der Waals surface area contributed by atoms with Crippen molar-refractivity contribution in [3.8, 4) is 0 Å². The van der Waals surface area contributed by atoms with Gasteiger partial charge < -0.3 is 15.1 Å². The van der Waals surface area contributed by atoms with Crippen LogP contribution in [0, 0.1) is 0 Å². The van der Waals surface area contributed by atoms with Crippen molar-refractivity contribution in [3.05, 3.63) is 53.1 Å². The zero-order chi connectivity index (χ0) is 17.8. The molecule has 25 heavy (non-hydrogen) atoms. The molecule has 2 aromatic rings. The maximum atomic E-state index is 12.6. The number of benzene rings is 2. The highest BCUT2D eigenvalue weighted by atomic mass is 35.5. The Bertz CT molecular complexity index is 743. The molecule has 1 heterocycles. The predicted molar refractivity (Wildman–Crippen MR) is 107 cm³/mol. The average Bonchev–Trinajstić information content (AvgIpc) is 2.63. The third kappa shape index (κ3) is 4.48. The summed E-state index contributed by atoms with van der Waals surface area (Å²) in [7, 11) is 2.13. The van der Waals surface area contributed by atoms with Crippen molar-refractivity contribution >= 4 is 40.6 Å². The molecule has 0 atom stereocenters. The first-order valence-corrected chi connectivity index (χ1v) is 9.85. The molecule has 2 aromatic carbocycles. The van der Waals surface area contributed by atoms with Crippen LogP contribution in [0.1, 0.15) is 10.4 Å². The number of halogens is 1. The van der Waals surface area contributed by atoms with E-state index in [1.54, 1.807) is 11.8 Å². The van der Waals surface area contributed by atoms with Crippen LogP contribution < -0.4 is 10.2 Å². The molecule has 0 radical (unpaired) electrons. The molecule has 0 saturated carbocycles. The number of likely N-dealkylation sites (N-methyl/N-ethyl adjacent to an activating group) is 1. The SMILES string of the molecule is CSc1ccc(C(=O)Nc2cc(Cl)ccc2N2CCN(C)CC2)cc1. The number of hydrogen-bond donors (Lipinski definition) is 1. The van der Waals surface area contributed by atoms with E-state index in [2.05, 4.69) is 22.2 Å². The minimum Gasteiger partial charge on any atom is -0.367 e. The fraction of sp³-hybridized carbons (Fsp3) is 0.316. The van der Waals surface area contributed by atoms with E-state index >= 15 is 0 Å². The number of carbonyl (C=O) groups is 1. The molecule has 3 rings (SSSR count). The first-order chi connectivity index (χ1) is 12.1. The van der Waals surface area contributed by atoms with Crippen LogP contribution in [0.25, 0.3) is 0 Å². The maximum absolute atomic E-state index is 12.6. The summed E-state index contributed by atoms with van der Waals surface area (Å²) < 4.78 is 0. The zero-order valence-electron chi connectivity index (χ0n) is 14.5. The van der Waals surface area contributed by atoms with Crippen LogP contribution in [-0.2, 0) is 0 Å². The molecule has 4 nitrogen and oxygen atoms in total. The van der Waals surface area contributed by atoms with Gasteiger partial charge in [0.15, 0.2) is 0 Å². The second-order valence-electron chi connectivity index (χ2n) is 6.13. The highest BCUT2D eigenvalue weighted by Gasteiger charge is 2.18. The van der Waals surface area contributed by atoms with Gasteiger partial charge in [-0.3, -0.25) is 4.79 Å². The van der Waals surface area contributed by atoms with E-state index in [1.807, 2.05) is 48.7 Å². The van der Waals surface area contributed by atoms with Crippen molar-refractivity contribution in [1.29, 1.82) is 0 Å². The molecule has 1 N–H and O–H groups in total. The van der Waals surface area contributed by atoms with Gasteiger partial charge in [-0.25, -0.2) is 0 Å². The van der Waals surface area contributed by atoms with Crippen LogP contribution in [0.3, 0.4) is 0 Å². The lowest BCUT2D eigenvalue weighted by molar-refractivity contribution is 0.102. The molecular formula is C19H22ClN3OS. The number of carbonyl (C=O) groups excluding carboxylic acids is 1. The van der Waals surface area contributed by atoms with Gasteiger partial charge in [0.25, 0.3) is 5.91 Å². The number of anilines is 2. The third-order valence-corrected chi connectivity index (χ3v) is 5.38. The van der Waals surface area contributed by atoms with E-state index in [4.69, 9.17) is 11.6 Å². The Morgan fingerprint density at radius 1 is 1.08 bits per heavy atom. The quantitative estimate of drug-likeness (QED) is 0.817. The van der Waals surface area contributed by atoms with Gasteiger partial charge in [0.1, 0.15) is 0 Å². The van der Waals surface area contributed by atoms with E-state index in [9.17, 15) is 4.79 Å². The molecule has 132 valence electrons. The molecule has 1 aliphatic rings. The zero-order valence-corrected chi connectivity index (χ0v) is 16.0. The van der Waals surface area contributed by atoms with Gasteiger partial charge >= 0.3 is 0 Å². The van der Waals surface area contributed by atoms with Crippen LogP contribution in [-0.4, -0.2) is 50.3 Å². The van der Waals surface area contributed by atoms with E-state index in [-0.39, 0.29) is 5.91 Å². The molecule has 6 heteroatoms. The van der Waals surface area contributed by atoms with Crippen LogP contribution in [0.2, 0.25) is 5.02 Å². The lowest BCUT2D eigenvalue weighted by atomic mass is 10.1. The molecular weight excluding hydrogens is 354 g/mol. The summed E-state index contributed by atoms with van der Waals surface area (Å²) in [5.74, 6) is -0.120. The molecule has 1 aliphatic heterocycles. The average molecular weight is 376 g/mol. The maximum Gasteiger partial charge on any atom is 0.255 e. The lowest BCUT2D eigenvalue weighted by Gasteiger charge is -2.35. The van der Waals surface area contributed by atoms with Gasteiger partial charge in [0.2, 0.25) is 0 Å². The van der Waals surface area contributed by atoms with Crippen molar-refractivity contribution < 1.29 is 4.79 Å². The first-order valence-electron chi connectivity index (χ1n) is 8.25. The van der Waals surface area contributed by atoms with Crippen LogP contribution in [0.15, 0.2) is 47.4 Å². The Kier molecular flexibility index (Phi) is 5.89. The number of rotatable bonds is 4. The van der Waals surface area contributed by atoms with Gasteiger partial charge in [-0.15, -0.1) is 11.8 Å². The molecule has 0 spiro atoms. The summed E-state index contributed by atoms with van der Waals surface area (Å²) in [4.78, 5) is 18.4. The first kappa shape index (κ1) is 18.1. The predicted octanol–water partition coefficient (Wildman–Crippen LogP) is 4.07.